The molecule has 0 bridgehead atoms. The van der Waals surface area contributed by atoms with Crippen molar-refractivity contribution >= 4 is 54.1 Å². The van der Waals surface area contributed by atoms with Crippen molar-refractivity contribution in [2.75, 3.05) is 0 Å². The van der Waals surface area contributed by atoms with E-state index in [9.17, 15) is 0 Å². The molecule has 9 aromatic carbocycles. The van der Waals surface area contributed by atoms with Crippen LogP contribution in [-0.4, -0.2) is 4.57 Å². The number of fused-ring (bicyclic) bond motifs is 7. The Morgan fingerprint density at radius 1 is 0.265 bits per heavy atom. The topological polar surface area (TPSA) is 4.93 Å². The molecule has 1 heteroatoms. The van der Waals surface area contributed by atoms with Crippen LogP contribution >= 0.6 is 0 Å². The fourth-order valence-electron chi connectivity index (χ4n) is 7.65. The Morgan fingerprint density at radius 3 is 1.47 bits per heavy atom. The zero-order valence-electron chi connectivity index (χ0n) is 26.8. The van der Waals surface area contributed by atoms with E-state index in [1.165, 1.54) is 93.2 Å². The van der Waals surface area contributed by atoms with Crippen LogP contribution in [0.15, 0.2) is 188 Å². The smallest absolute Gasteiger partial charge is 0.0547 e. The molecule has 10 rings (SSSR count). The first kappa shape index (κ1) is 27.7. The molecule has 0 spiro atoms. The minimum absolute atomic E-state index is 1.17. The summed E-state index contributed by atoms with van der Waals surface area (Å²) >= 11 is 0. The van der Waals surface area contributed by atoms with Crippen molar-refractivity contribution in [3.63, 3.8) is 0 Å². The Labute approximate surface area is 284 Å². The largest absolute Gasteiger partial charge is 0.309 e. The average molecular weight is 622 g/mol. The van der Waals surface area contributed by atoms with E-state index < -0.39 is 0 Å². The van der Waals surface area contributed by atoms with Gasteiger partial charge in [0, 0.05) is 16.5 Å². The van der Waals surface area contributed by atoms with Crippen LogP contribution < -0.4 is 0 Å². The van der Waals surface area contributed by atoms with Gasteiger partial charge in [-0.25, -0.2) is 0 Å². The molecule has 0 N–H and O–H groups in total. The maximum absolute atomic E-state index is 2.41. The summed E-state index contributed by atoms with van der Waals surface area (Å²) in [6.07, 6.45) is 0. The second-order valence-electron chi connectivity index (χ2n) is 13.0. The number of benzene rings is 9. The normalized spacial score (nSPS) is 11.7. The quantitative estimate of drug-likeness (QED) is 0.184. The summed E-state index contributed by atoms with van der Waals surface area (Å²) < 4.78 is 2.41. The molecule has 0 atom stereocenters. The number of para-hydroxylation sites is 1. The van der Waals surface area contributed by atoms with Gasteiger partial charge < -0.3 is 4.57 Å². The molecule has 228 valence electrons. The fraction of sp³-hybridized carbons (Fsp3) is 0. The van der Waals surface area contributed by atoms with Crippen LogP contribution in [0.1, 0.15) is 0 Å². The third-order valence-corrected chi connectivity index (χ3v) is 10.1. The number of rotatable bonds is 4. The first-order valence-corrected chi connectivity index (χ1v) is 16.9. The monoisotopic (exact) mass is 621 g/mol. The fourth-order valence-corrected chi connectivity index (χ4v) is 7.65. The molecule has 0 aliphatic carbocycles. The molecule has 0 fully saturated rings. The molecule has 10 aromatic rings. The van der Waals surface area contributed by atoms with E-state index in [1.807, 2.05) is 0 Å². The third-order valence-electron chi connectivity index (χ3n) is 10.1. The lowest BCUT2D eigenvalue weighted by Gasteiger charge is -2.11. The lowest BCUT2D eigenvalue weighted by atomic mass is 9.95. The average Bonchev–Trinajstić information content (AvgIpc) is 3.52. The van der Waals surface area contributed by atoms with Crippen LogP contribution in [0.4, 0.5) is 0 Å². The Bertz CT molecular complexity index is 2860. The minimum atomic E-state index is 1.17. The van der Waals surface area contributed by atoms with Crippen LogP contribution in [0.5, 0.6) is 0 Å². The zero-order valence-corrected chi connectivity index (χ0v) is 26.8. The molecule has 1 aromatic heterocycles. The predicted octanol–water partition coefficient (Wildman–Crippen LogP) is 13.2. The molecular formula is C48H31N. The van der Waals surface area contributed by atoms with Gasteiger partial charge in [-0.1, -0.05) is 140 Å². The van der Waals surface area contributed by atoms with Crippen molar-refractivity contribution in [3.05, 3.63) is 188 Å². The standard InChI is InChI=1S/C48H31N/c1-2-8-32(9-3-1)34-22-25-43(26-23-34)49-46-13-7-6-12-44(46)48-45-31-42(17-15-35(45)24-27-47(48)49)41-21-20-39-29-38(18-19-40(39)30-41)37-16-14-33-10-4-5-11-36(33)28-37/h1-31H. The number of hydrogen-bond acceptors (Lipinski definition) is 0. The maximum atomic E-state index is 2.41. The van der Waals surface area contributed by atoms with Gasteiger partial charge in [0.2, 0.25) is 0 Å². The highest BCUT2D eigenvalue weighted by Gasteiger charge is 2.15. The van der Waals surface area contributed by atoms with E-state index in [0.717, 1.165) is 0 Å². The minimum Gasteiger partial charge on any atom is -0.309 e. The van der Waals surface area contributed by atoms with Gasteiger partial charge in [0.25, 0.3) is 0 Å². The number of nitrogens with zero attached hydrogens (tertiary/aromatic N) is 1. The van der Waals surface area contributed by atoms with Crippen molar-refractivity contribution in [2.24, 2.45) is 0 Å². The molecule has 0 radical (unpaired) electrons. The molecule has 49 heavy (non-hydrogen) atoms. The summed E-state index contributed by atoms with van der Waals surface area (Å²) in [5, 5.41) is 10.1. The van der Waals surface area contributed by atoms with Crippen LogP contribution in [0.25, 0.3) is 93.2 Å². The molecule has 0 unspecified atom stereocenters. The summed E-state index contributed by atoms with van der Waals surface area (Å²) in [5.41, 5.74) is 11.0. The number of hydrogen-bond donors (Lipinski definition) is 0. The van der Waals surface area contributed by atoms with Gasteiger partial charge in [-0.15, -0.1) is 0 Å². The maximum Gasteiger partial charge on any atom is 0.0547 e. The lowest BCUT2D eigenvalue weighted by Crippen LogP contribution is -1.93. The van der Waals surface area contributed by atoms with Gasteiger partial charge in [0.05, 0.1) is 11.0 Å². The predicted molar refractivity (Wildman–Crippen MR) is 210 cm³/mol. The van der Waals surface area contributed by atoms with Crippen molar-refractivity contribution in [2.45, 2.75) is 0 Å². The van der Waals surface area contributed by atoms with Gasteiger partial charge >= 0.3 is 0 Å². The van der Waals surface area contributed by atoms with E-state index in [1.54, 1.807) is 0 Å². The zero-order chi connectivity index (χ0) is 32.3. The Balaban J connectivity index is 1.07. The molecule has 0 amide bonds. The van der Waals surface area contributed by atoms with Crippen molar-refractivity contribution in [1.82, 2.24) is 4.57 Å². The van der Waals surface area contributed by atoms with Gasteiger partial charge in [0.1, 0.15) is 0 Å². The molecule has 0 saturated carbocycles. The summed E-state index contributed by atoms with van der Waals surface area (Å²) in [5.74, 6) is 0. The molecule has 0 saturated heterocycles. The first-order valence-electron chi connectivity index (χ1n) is 16.9. The van der Waals surface area contributed by atoms with E-state index in [2.05, 4.69) is 193 Å². The Morgan fingerprint density at radius 2 is 0.755 bits per heavy atom. The third kappa shape index (κ3) is 4.63. The van der Waals surface area contributed by atoms with Crippen LogP contribution in [0.3, 0.4) is 0 Å². The van der Waals surface area contributed by atoms with E-state index in [0.29, 0.717) is 0 Å². The second-order valence-corrected chi connectivity index (χ2v) is 13.0. The van der Waals surface area contributed by atoms with Crippen LogP contribution in [-0.2, 0) is 0 Å². The highest BCUT2D eigenvalue weighted by molar-refractivity contribution is 6.22. The van der Waals surface area contributed by atoms with Gasteiger partial charge in [-0.3, -0.25) is 0 Å². The number of aromatic nitrogens is 1. The Hall–Kier alpha value is -6.44. The molecule has 1 heterocycles. The molecule has 0 aliphatic rings. The molecule has 0 aliphatic heterocycles. The van der Waals surface area contributed by atoms with Gasteiger partial charge in [-0.05, 0) is 114 Å². The summed E-state index contributed by atoms with van der Waals surface area (Å²) in [6, 6.07) is 68.8. The SMILES string of the molecule is c1ccc(-c2ccc(-n3c4ccccc4c4c5cc(-c6ccc7cc(-c8ccc9ccccc9c8)ccc7c6)ccc5ccc43)cc2)cc1. The van der Waals surface area contributed by atoms with Crippen molar-refractivity contribution in [3.8, 4) is 39.1 Å². The van der Waals surface area contributed by atoms with E-state index in [-0.39, 0.29) is 0 Å². The summed E-state index contributed by atoms with van der Waals surface area (Å²) in [4.78, 5) is 0. The second kappa shape index (κ2) is 11.1. The molecular weight excluding hydrogens is 591 g/mol. The lowest BCUT2D eigenvalue weighted by molar-refractivity contribution is 1.18. The highest BCUT2D eigenvalue weighted by Crippen LogP contribution is 2.39. The summed E-state index contributed by atoms with van der Waals surface area (Å²) in [7, 11) is 0. The Kier molecular flexibility index (Phi) is 6.25. The van der Waals surface area contributed by atoms with Crippen LogP contribution in [0.2, 0.25) is 0 Å². The van der Waals surface area contributed by atoms with Crippen molar-refractivity contribution in [1.29, 1.82) is 0 Å². The van der Waals surface area contributed by atoms with Gasteiger partial charge in [-0.2, -0.15) is 0 Å². The highest BCUT2D eigenvalue weighted by atomic mass is 15.0. The van der Waals surface area contributed by atoms with Gasteiger partial charge in [0.15, 0.2) is 0 Å². The first-order chi connectivity index (χ1) is 24.3. The summed E-state index contributed by atoms with van der Waals surface area (Å²) in [6.45, 7) is 0. The van der Waals surface area contributed by atoms with E-state index in [4.69, 9.17) is 0 Å². The van der Waals surface area contributed by atoms with Crippen molar-refractivity contribution < 1.29 is 0 Å². The van der Waals surface area contributed by atoms with Crippen LogP contribution in [0, 0.1) is 0 Å². The van der Waals surface area contributed by atoms with E-state index >= 15 is 0 Å². The molecule has 1 nitrogen and oxygen atoms in total.